The van der Waals surface area contributed by atoms with E-state index in [0.29, 0.717) is 6.04 Å². The third-order valence-corrected chi connectivity index (χ3v) is 4.56. The summed E-state index contributed by atoms with van der Waals surface area (Å²) in [5.74, 6) is 0.960. The molecule has 0 heterocycles. The lowest BCUT2D eigenvalue weighted by molar-refractivity contribution is 0.315. The topological polar surface area (TPSA) is 12.0 Å². The van der Waals surface area contributed by atoms with Gasteiger partial charge in [0, 0.05) is 11.1 Å². The number of hydrogen-bond acceptors (Lipinski definition) is 1. The zero-order chi connectivity index (χ0) is 13.5. The number of halogens is 1. The largest absolute Gasteiger partial charge is 0.310 e. The van der Waals surface area contributed by atoms with E-state index in [0.717, 1.165) is 17.5 Å². The summed E-state index contributed by atoms with van der Waals surface area (Å²) in [7, 11) is 0. The van der Waals surface area contributed by atoms with Crippen LogP contribution in [0.4, 0.5) is 0 Å². The predicted octanol–water partition coefficient (Wildman–Crippen LogP) is 5.35. The molecule has 1 unspecified atom stereocenters. The fourth-order valence-electron chi connectivity index (χ4n) is 3.21. The molecule has 0 saturated heterocycles. The molecule has 1 fully saturated rings. The Morgan fingerprint density at radius 1 is 1.16 bits per heavy atom. The van der Waals surface area contributed by atoms with E-state index in [1.54, 1.807) is 0 Å². The molecule has 1 saturated carbocycles. The van der Waals surface area contributed by atoms with Gasteiger partial charge in [-0.25, -0.2) is 0 Å². The Morgan fingerprint density at radius 3 is 2.47 bits per heavy atom. The van der Waals surface area contributed by atoms with Gasteiger partial charge in [-0.3, -0.25) is 0 Å². The Kier molecular flexibility index (Phi) is 6.19. The summed E-state index contributed by atoms with van der Waals surface area (Å²) in [6.45, 7) is 3.21. The quantitative estimate of drug-likeness (QED) is 0.740. The zero-order valence-electron chi connectivity index (χ0n) is 12.0. The predicted molar refractivity (Wildman–Crippen MR) is 83.7 cm³/mol. The lowest BCUT2D eigenvalue weighted by atomic mass is 9.84. The monoisotopic (exact) mass is 279 g/mol. The highest BCUT2D eigenvalue weighted by atomic mass is 35.5. The number of benzene rings is 1. The van der Waals surface area contributed by atoms with Crippen LogP contribution in [0, 0.1) is 5.92 Å². The van der Waals surface area contributed by atoms with Gasteiger partial charge in [0.05, 0.1) is 0 Å². The highest BCUT2D eigenvalue weighted by molar-refractivity contribution is 6.30. The Balaban J connectivity index is 1.89. The van der Waals surface area contributed by atoms with Crippen molar-refractivity contribution in [2.24, 2.45) is 5.92 Å². The van der Waals surface area contributed by atoms with Crippen molar-refractivity contribution in [3.63, 3.8) is 0 Å². The molecule has 1 atom stereocenters. The molecule has 1 aromatic carbocycles. The van der Waals surface area contributed by atoms with Crippen LogP contribution in [0.15, 0.2) is 24.3 Å². The van der Waals surface area contributed by atoms with Gasteiger partial charge >= 0.3 is 0 Å². The first-order valence-electron chi connectivity index (χ1n) is 7.78. The van der Waals surface area contributed by atoms with Crippen LogP contribution in [-0.4, -0.2) is 6.54 Å². The van der Waals surface area contributed by atoms with Crippen LogP contribution < -0.4 is 5.32 Å². The van der Waals surface area contributed by atoms with Crippen molar-refractivity contribution in [3.05, 3.63) is 34.9 Å². The lowest BCUT2D eigenvalue weighted by Crippen LogP contribution is -2.22. The van der Waals surface area contributed by atoms with Crippen LogP contribution in [0.2, 0.25) is 5.02 Å². The van der Waals surface area contributed by atoms with Crippen LogP contribution in [0.3, 0.4) is 0 Å². The van der Waals surface area contributed by atoms with Gasteiger partial charge in [0.1, 0.15) is 0 Å². The van der Waals surface area contributed by atoms with Crippen molar-refractivity contribution in [1.82, 2.24) is 5.32 Å². The molecule has 1 nitrogen and oxygen atoms in total. The number of nitrogens with one attached hydrogen (secondary N) is 1. The van der Waals surface area contributed by atoms with E-state index >= 15 is 0 Å². The molecule has 0 aromatic heterocycles. The first kappa shape index (κ1) is 14.9. The Labute approximate surface area is 122 Å². The van der Waals surface area contributed by atoms with Gasteiger partial charge in [-0.1, -0.05) is 62.8 Å². The Bertz CT molecular complexity index is 354. The van der Waals surface area contributed by atoms with Crippen LogP contribution in [-0.2, 0) is 0 Å². The molecule has 0 spiro atoms. The molecule has 0 amide bonds. The molecular weight excluding hydrogens is 254 g/mol. The third-order valence-electron chi connectivity index (χ3n) is 4.31. The average Bonchev–Trinajstić information content (AvgIpc) is 2.46. The third kappa shape index (κ3) is 4.81. The van der Waals surface area contributed by atoms with Crippen LogP contribution in [0.5, 0.6) is 0 Å². The highest BCUT2D eigenvalue weighted by Gasteiger charge is 2.16. The molecule has 0 aliphatic heterocycles. The van der Waals surface area contributed by atoms with Gasteiger partial charge in [0.15, 0.2) is 0 Å². The van der Waals surface area contributed by atoms with Crippen LogP contribution in [0.25, 0.3) is 0 Å². The van der Waals surface area contributed by atoms with E-state index in [9.17, 15) is 0 Å². The first-order chi connectivity index (χ1) is 9.29. The van der Waals surface area contributed by atoms with Crippen molar-refractivity contribution in [3.8, 4) is 0 Å². The molecule has 1 aliphatic rings. The fraction of sp³-hybridized carbons (Fsp3) is 0.647. The smallest absolute Gasteiger partial charge is 0.0406 e. The summed E-state index contributed by atoms with van der Waals surface area (Å²) in [4.78, 5) is 0. The van der Waals surface area contributed by atoms with E-state index in [2.05, 4.69) is 24.4 Å². The van der Waals surface area contributed by atoms with E-state index in [1.807, 2.05) is 12.1 Å². The SMILES string of the molecule is CCNC(CCC1CCCCC1)c1ccc(Cl)cc1. The fourth-order valence-corrected chi connectivity index (χ4v) is 3.33. The van der Waals surface area contributed by atoms with Crippen molar-refractivity contribution in [2.45, 2.75) is 57.9 Å². The van der Waals surface area contributed by atoms with Crippen LogP contribution in [0.1, 0.15) is 63.5 Å². The van der Waals surface area contributed by atoms with Crippen LogP contribution >= 0.6 is 11.6 Å². The van der Waals surface area contributed by atoms with Gasteiger partial charge in [0.25, 0.3) is 0 Å². The van der Waals surface area contributed by atoms with Gasteiger partial charge in [-0.05, 0) is 43.0 Å². The second-order valence-corrected chi connectivity index (χ2v) is 6.18. The number of hydrogen-bond donors (Lipinski definition) is 1. The minimum Gasteiger partial charge on any atom is -0.310 e. The second-order valence-electron chi connectivity index (χ2n) is 5.74. The van der Waals surface area contributed by atoms with Crippen molar-refractivity contribution in [1.29, 1.82) is 0 Å². The molecule has 1 aromatic rings. The maximum Gasteiger partial charge on any atom is 0.0406 e. The minimum atomic E-state index is 0.490. The molecule has 1 N–H and O–H groups in total. The minimum absolute atomic E-state index is 0.490. The Morgan fingerprint density at radius 2 is 1.84 bits per heavy atom. The van der Waals surface area contributed by atoms with E-state index in [-0.39, 0.29) is 0 Å². The molecule has 0 radical (unpaired) electrons. The molecule has 106 valence electrons. The van der Waals surface area contributed by atoms with Crippen molar-refractivity contribution < 1.29 is 0 Å². The maximum atomic E-state index is 5.97. The van der Waals surface area contributed by atoms with Crippen molar-refractivity contribution in [2.75, 3.05) is 6.54 Å². The first-order valence-corrected chi connectivity index (χ1v) is 8.16. The van der Waals surface area contributed by atoms with Crippen molar-refractivity contribution >= 4 is 11.6 Å². The summed E-state index contributed by atoms with van der Waals surface area (Å²) in [5, 5.41) is 4.44. The molecule has 19 heavy (non-hydrogen) atoms. The van der Waals surface area contributed by atoms with Gasteiger partial charge in [-0.2, -0.15) is 0 Å². The van der Waals surface area contributed by atoms with E-state index in [4.69, 9.17) is 11.6 Å². The highest BCUT2D eigenvalue weighted by Crippen LogP contribution is 2.30. The molecule has 0 bridgehead atoms. The summed E-state index contributed by atoms with van der Waals surface area (Å²) >= 11 is 5.97. The summed E-state index contributed by atoms with van der Waals surface area (Å²) in [5.41, 5.74) is 1.38. The summed E-state index contributed by atoms with van der Waals surface area (Å²) < 4.78 is 0. The molecule has 1 aliphatic carbocycles. The lowest BCUT2D eigenvalue weighted by Gasteiger charge is -2.25. The van der Waals surface area contributed by atoms with Gasteiger partial charge in [-0.15, -0.1) is 0 Å². The maximum absolute atomic E-state index is 5.97. The summed E-state index contributed by atoms with van der Waals surface area (Å²) in [6.07, 6.45) is 9.83. The normalized spacial score (nSPS) is 18.4. The molecule has 2 rings (SSSR count). The number of rotatable bonds is 6. The van der Waals surface area contributed by atoms with E-state index < -0.39 is 0 Å². The zero-order valence-corrected chi connectivity index (χ0v) is 12.8. The molecule has 2 heteroatoms. The average molecular weight is 280 g/mol. The second kappa shape index (κ2) is 7.91. The Hall–Kier alpha value is -0.530. The standard InChI is InChI=1S/C17H26ClN/c1-2-19-17(15-9-11-16(18)12-10-15)13-8-14-6-4-3-5-7-14/h9-12,14,17,19H,2-8,13H2,1H3. The van der Waals surface area contributed by atoms with Gasteiger partial charge in [0.2, 0.25) is 0 Å². The molecular formula is C17H26ClN. The van der Waals surface area contributed by atoms with E-state index in [1.165, 1.54) is 50.5 Å². The van der Waals surface area contributed by atoms with Gasteiger partial charge < -0.3 is 5.32 Å². The summed E-state index contributed by atoms with van der Waals surface area (Å²) in [6, 6.07) is 8.82.